The predicted molar refractivity (Wildman–Crippen MR) is 89.3 cm³/mol. The molecule has 19 heavy (non-hydrogen) atoms. The Morgan fingerprint density at radius 1 is 1.26 bits per heavy atom. The molecular formula is C13H8Br3NOS. The number of rotatable bonds is 2. The Hall–Kier alpha value is -0.170. The summed E-state index contributed by atoms with van der Waals surface area (Å²) in [6.45, 7) is 0. The molecule has 1 unspecified atom stereocenters. The van der Waals surface area contributed by atoms with Crippen molar-refractivity contribution >= 4 is 70.7 Å². The van der Waals surface area contributed by atoms with Gasteiger partial charge in [0.2, 0.25) is 5.91 Å². The standard InChI is InChI=1S/C13H8Br3NOS/c14-8-5-10(19-13(8)16)12(15)6-1-2-9-7(3-6)4-11(18)17-9/h1-3,5,12H,4H2,(H,17,18). The summed E-state index contributed by atoms with van der Waals surface area (Å²) in [6, 6.07) is 8.21. The number of nitrogens with one attached hydrogen (secondary N) is 1. The van der Waals surface area contributed by atoms with Crippen LogP contribution < -0.4 is 5.32 Å². The fourth-order valence-corrected chi connectivity index (χ4v) is 4.85. The van der Waals surface area contributed by atoms with Gasteiger partial charge in [0, 0.05) is 15.0 Å². The van der Waals surface area contributed by atoms with Crippen molar-refractivity contribution in [3.8, 4) is 0 Å². The van der Waals surface area contributed by atoms with E-state index < -0.39 is 0 Å². The van der Waals surface area contributed by atoms with Crippen LogP contribution >= 0.6 is 59.1 Å². The molecule has 1 amide bonds. The highest BCUT2D eigenvalue weighted by Gasteiger charge is 2.21. The van der Waals surface area contributed by atoms with Gasteiger partial charge in [0.1, 0.15) is 0 Å². The number of halogens is 3. The van der Waals surface area contributed by atoms with Gasteiger partial charge in [0.15, 0.2) is 0 Å². The van der Waals surface area contributed by atoms with E-state index in [-0.39, 0.29) is 10.7 Å². The van der Waals surface area contributed by atoms with E-state index >= 15 is 0 Å². The Labute approximate surface area is 140 Å². The van der Waals surface area contributed by atoms with Crippen LogP contribution in [0.15, 0.2) is 32.5 Å². The van der Waals surface area contributed by atoms with Crippen LogP contribution in [0.4, 0.5) is 5.69 Å². The number of hydrogen-bond donors (Lipinski definition) is 1. The summed E-state index contributed by atoms with van der Waals surface area (Å²) < 4.78 is 2.15. The fraction of sp³-hybridized carbons (Fsp3) is 0.154. The van der Waals surface area contributed by atoms with Crippen molar-refractivity contribution in [2.75, 3.05) is 5.32 Å². The molecular weight excluding hydrogens is 458 g/mol. The summed E-state index contributed by atoms with van der Waals surface area (Å²) in [6.07, 6.45) is 0.473. The van der Waals surface area contributed by atoms with Gasteiger partial charge in [-0.1, -0.05) is 28.1 Å². The highest BCUT2D eigenvalue weighted by atomic mass is 79.9. The predicted octanol–water partition coefficient (Wildman–Crippen LogP) is 5.25. The van der Waals surface area contributed by atoms with Crippen LogP contribution in [-0.2, 0) is 11.2 Å². The summed E-state index contributed by atoms with van der Waals surface area (Å²) >= 11 is 12.4. The zero-order valence-corrected chi connectivity index (χ0v) is 15.1. The van der Waals surface area contributed by atoms with Crippen molar-refractivity contribution in [3.05, 3.63) is 48.5 Å². The number of fused-ring (bicyclic) bond motifs is 1. The third kappa shape index (κ3) is 2.68. The lowest BCUT2D eigenvalue weighted by Gasteiger charge is -2.09. The normalized spacial score (nSPS) is 15.2. The summed E-state index contributed by atoms with van der Waals surface area (Å²) in [5, 5.41) is 2.85. The van der Waals surface area contributed by atoms with Crippen LogP contribution in [0.3, 0.4) is 0 Å². The Morgan fingerprint density at radius 3 is 2.74 bits per heavy atom. The lowest BCUT2D eigenvalue weighted by atomic mass is 10.1. The quantitative estimate of drug-likeness (QED) is 0.603. The number of anilines is 1. The number of alkyl halides is 1. The van der Waals surface area contributed by atoms with E-state index in [1.54, 1.807) is 11.3 Å². The molecule has 0 spiro atoms. The van der Waals surface area contributed by atoms with Gasteiger partial charge in [0.05, 0.1) is 15.0 Å². The van der Waals surface area contributed by atoms with Gasteiger partial charge in [-0.15, -0.1) is 11.3 Å². The summed E-state index contributed by atoms with van der Waals surface area (Å²) in [5.41, 5.74) is 3.17. The van der Waals surface area contributed by atoms with Crippen molar-refractivity contribution in [2.45, 2.75) is 11.2 Å². The molecule has 6 heteroatoms. The summed E-state index contributed by atoms with van der Waals surface area (Å²) in [7, 11) is 0. The number of amides is 1. The zero-order chi connectivity index (χ0) is 13.6. The van der Waals surface area contributed by atoms with Gasteiger partial charge in [-0.2, -0.15) is 0 Å². The van der Waals surface area contributed by atoms with Gasteiger partial charge in [0.25, 0.3) is 0 Å². The Balaban J connectivity index is 1.94. The first kappa shape index (κ1) is 13.8. The number of hydrogen-bond acceptors (Lipinski definition) is 2. The lowest BCUT2D eigenvalue weighted by Crippen LogP contribution is -2.03. The molecule has 1 N–H and O–H groups in total. The minimum atomic E-state index is 0.0693. The molecule has 0 fully saturated rings. The minimum absolute atomic E-state index is 0.0693. The average molecular weight is 466 g/mol. The topological polar surface area (TPSA) is 29.1 Å². The smallest absolute Gasteiger partial charge is 0.228 e. The molecule has 0 aliphatic carbocycles. The van der Waals surface area contributed by atoms with E-state index in [1.165, 1.54) is 4.88 Å². The van der Waals surface area contributed by atoms with Crippen molar-refractivity contribution in [2.24, 2.45) is 0 Å². The molecule has 0 saturated carbocycles. The van der Waals surface area contributed by atoms with Gasteiger partial charge in [-0.05, 0) is 55.1 Å². The van der Waals surface area contributed by atoms with Crippen molar-refractivity contribution < 1.29 is 4.79 Å². The molecule has 1 aromatic carbocycles. The second-order valence-electron chi connectivity index (χ2n) is 4.27. The first-order valence-corrected chi connectivity index (χ1v) is 8.88. The van der Waals surface area contributed by atoms with Crippen molar-refractivity contribution in [1.29, 1.82) is 0 Å². The number of thiophene rings is 1. The maximum absolute atomic E-state index is 11.4. The maximum atomic E-state index is 11.4. The zero-order valence-electron chi connectivity index (χ0n) is 9.54. The molecule has 3 rings (SSSR count). The molecule has 1 aliphatic heterocycles. The van der Waals surface area contributed by atoms with Gasteiger partial charge in [-0.25, -0.2) is 0 Å². The third-order valence-electron chi connectivity index (χ3n) is 2.96. The first-order valence-electron chi connectivity index (χ1n) is 5.56. The third-order valence-corrected chi connectivity index (χ3v) is 7.61. The molecule has 1 aliphatic rings. The average Bonchev–Trinajstić information content (AvgIpc) is 2.90. The highest BCUT2D eigenvalue weighted by Crippen LogP contribution is 2.42. The van der Waals surface area contributed by atoms with E-state index in [9.17, 15) is 4.79 Å². The molecule has 1 aromatic heterocycles. The second kappa shape index (κ2) is 5.31. The van der Waals surface area contributed by atoms with Gasteiger partial charge >= 0.3 is 0 Å². The molecule has 2 aromatic rings. The van der Waals surface area contributed by atoms with Gasteiger partial charge in [-0.3, -0.25) is 4.79 Å². The molecule has 2 heterocycles. The van der Waals surface area contributed by atoms with Crippen molar-refractivity contribution in [1.82, 2.24) is 0 Å². The number of carbonyl (C=O) groups excluding carboxylic acids is 1. The highest BCUT2D eigenvalue weighted by molar-refractivity contribution is 9.13. The van der Waals surface area contributed by atoms with Crippen LogP contribution in [0.2, 0.25) is 0 Å². The molecule has 0 radical (unpaired) electrons. The van der Waals surface area contributed by atoms with E-state index in [2.05, 4.69) is 65.2 Å². The van der Waals surface area contributed by atoms with Crippen LogP contribution in [0.25, 0.3) is 0 Å². The van der Waals surface area contributed by atoms with E-state index in [1.807, 2.05) is 12.1 Å². The Bertz CT molecular complexity index is 648. The Kier molecular flexibility index (Phi) is 3.86. The summed E-state index contributed by atoms with van der Waals surface area (Å²) in [5.74, 6) is 0.0693. The van der Waals surface area contributed by atoms with E-state index in [0.717, 1.165) is 25.1 Å². The molecule has 0 saturated heterocycles. The van der Waals surface area contributed by atoms with E-state index in [0.29, 0.717) is 6.42 Å². The fourth-order valence-electron chi connectivity index (χ4n) is 2.06. The van der Waals surface area contributed by atoms with Crippen LogP contribution in [0.1, 0.15) is 20.8 Å². The van der Waals surface area contributed by atoms with Crippen LogP contribution in [0, 0.1) is 0 Å². The van der Waals surface area contributed by atoms with Crippen molar-refractivity contribution in [3.63, 3.8) is 0 Å². The molecule has 1 atom stereocenters. The van der Waals surface area contributed by atoms with Crippen LogP contribution in [0.5, 0.6) is 0 Å². The Morgan fingerprint density at radius 2 is 2.05 bits per heavy atom. The molecule has 98 valence electrons. The van der Waals surface area contributed by atoms with E-state index in [4.69, 9.17) is 0 Å². The second-order valence-corrected chi connectivity index (χ2v) is 8.45. The number of carbonyl (C=O) groups is 1. The first-order chi connectivity index (χ1) is 9.04. The monoisotopic (exact) mass is 463 g/mol. The molecule has 2 nitrogen and oxygen atoms in total. The number of benzene rings is 1. The largest absolute Gasteiger partial charge is 0.326 e. The van der Waals surface area contributed by atoms with Gasteiger partial charge < -0.3 is 5.32 Å². The summed E-state index contributed by atoms with van der Waals surface area (Å²) in [4.78, 5) is 12.7. The minimum Gasteiger partial charge on any atom is -0.326 e. The maximum Gasteiger partial charge on any atom is 0.228 e. The molecule has 0 bridgehead atoms. The SMILES string of the molecule is O=C1Cc2cc(C(Br)c3cc(Br)c(Br)s3)ccc2N1. The lowest BCUT2D eigenvalue weighted by molar-refractivity contribution is -0.115. The van der Waals surface area contributed by atoms with Crippen LogP contribution in [-0.4, -0.2) is 5.91 Å².